The minimum atomic E-state index is -0.419. The van der Waals surface area contributed by atoms with Crippen LogP contribution in [-0.2, 0) is 11.2 Å². The molecule has 4 heteroatoms. The Morgan fingerprint density at radius 3 is 2.69 bits per heavy atom. The number of nitrogens with two attached hydrogens (primary N) is 1. The van der Waals surface area contributed by atoms with Crippen LogP contribution in [0.5, 0.6) is 5.75 Å². The van der Waals surface area contributed by atoms with Crippen molar-refractivity contribution in [2.75, 3.05) is 0 Å². The first-order valence-corrected chi connectivity index (χ1v) is 5.05. The van der Waals surface area contributed by atoms with Crippen molar-refractivity contribution < 1.29 is 9.90 Å². The Bertz CT molecular complexity index is 360. The third-order valence-electron chi connectivity index (χ3n) is 2.07. The van der Waals surface area contributed by atoms with Gasteiger partial charge < -0.3 is 16.2 Å². The molecule has 1 aromatic rings. The predicted octanol–water partition coefficient (Wildman–Crippen LogP) is 0.912. The minimum Gasteiger partial charge on any atom is -0.508 e. The molecule has 0 spiro atoms. The molecule has 0 aliphatic rings. The van der Waals surface area contributed by atoms with E-state index in [1.165, 1.54) is 6.08 Å². The van der Waals surface area contributed by atoms with Gasteiger partial charge in [0.1, 0.15) is 5.75 Å². The second-order valence-corrected chi connectivity index (χ2v) is 3.54. The molecular formula is C12H16N2O2. The lowest BCUT2D eigenvalue weighted by Crippen LogP contribution is -2.42. The highest BCUT2D eigenvalue weighted by molar-refractivity contribution is 5.77. The smallest absolute Gasteiger partial charge is 0.225 e. The van der Waals surface area contributed by atoms with E-state index in [4.69, 9.17) is 10.8 Å². The maximum atomic E-state index is 11.2. The Hall–Kier alpha value is -1.81. The van der Waals surface area contributed by atoms with Gasteiger partial charge in [0, 0.05) is 12.8 Å². The number of hydrogen-bond acceptors (Lipinski definition) is 3. The van der Waals surface area contributed by atoms with Gasteiger partial charge in [0.2, 0.25) is 5.91 Å². The van der Waals surface area contributed by atoms with Crippen molar-refractivity contribution in [2.24, 2.45) is 5.73 Å². The molecule has 1 atom stereocenters. The van der Waals surface area contributed by atoms with Crippen LogP contribution in [0.25, 0.3) is 0 Å². The molecule has 0 aromatic heterocycles. The van der Waals surface area contributed by atoms with Gasteiger partial charge in [0.15, 0.2) is 0 Å². The monoisotopic (exact) mass is 220 g/mol. The Morgan fingerprint density at radius 1 is 1.50 bits per heavy atom. The van der Waals surface area contributed by atoms with Gasteiger partial charge in [-0.25, -0.2) is 0 Å². The summed E-state index contributed by atoms with van der Waals surface area (Å²) in [6, 6.07) is 6.73. The molecule has 0 radical (unpaired) electrons. The maximum absolute atomic E-state index is 11.2. The van der Waals surface area contributed by atoms with E-state index in [2.05, 4.69) is 11.9 Å². The van der Waals surface area contributed by atoms with Gasteiger partial charge in [0.25, 0.3) is 0 Å². The fourth-order valence-corrected chi connectivity index (χ4v) is 1.33. The van der Waals surface area contributed by atoms with Gasteiger partial charge in [-0.1, -0.05) is 18.2 Å². The van der Waals surface area contributed by atoms with E-state index in [1.807, 2.05) is 0 Å². The van der Waals surface area contributed by atoms with Crippen LogP contribution < -0.4 is 11.1 Å². The normalized spacial score (nSPS) is 11.8. The molecule has 1 amide bonds. The number of benzene rings is 1. The largest absolute Gasteiger partial charge is 0.508 e. The maximum Gasteiger partial charge on any atom is 0.225 e. The molecule has 0 aliphatic carbocycles. The molecule has 1 rings (SSSR count). The Balaban J connectivity index is 2.44. The van der Waals surface area contributed by atoms with E-state index in [1.54, 1.807) is 24.3 Å². The van der Waals surface area contributed by atoms with Crippen molar-refractivity contribution >= 4 is 5.91 Å². The summed E-state index contributed by atoms with van der Waals surface area (Å²) in [5.41, 5.74) is 6.71. The molecule has 86 valence electrons. The molecule has 1 unspecified atom stereocenters. The first kappa shape index (κ1) is 12.3. The highest BCUT2D eigenvalue weighted by Gasteiger charge is 2.06. The van der Waals surface area contributed by atoms with Gasteiger partial charge in [-0.15, -0.1) is 6.58 Å². The van der Waals surface area contributed by atoms with Gasteiger partial charge in [-0.3, -0.25) is 4.79 Å². The van der Waals surface area contributed by atoms with E-state index in [0.717, 1.165) is 5.56 Å². The molecule has 0 bridgehead atoms. The summed E-state index contributed by atoms with van der Waals surface area (Å²) in [6.07, 6.45) is 1.91. The number of rotatable bonds is 5. The van der Waals surface area contributed by atoms with Crippen molar-refractivity contribution in [3.63, 3.8) is 0 Å². The molecule has 16 heavy (non-hydrogen) atoms. The fraction of sp³-hybridized carbons (Fsp3) is 0.250. The average molecular weight is 220 g/mol. The van der Waals surface area contributed by atoms with Crippen LogP contribution >= 0.6 is 0 Å². The highest BCUT2D eigenvalue weighted by Crippen LogP contribution is 2.10. The molecule has 0 fully saturated rings. The van der Waals surface area contributed by atoms with Crippen LogP contribution in [0.3, 0.4) is 0 Å². The van der Waals surface area contributed by atoms with Crippen LogP contribution in [0.2, 0.25) is 0 Å². The summed E-state index contributed by atoms with van der Waals surface area (Å²) in [5.74, 6) is 0.0780. The van der Waals surface area contributed by atoms with Crippen molar-refractivity contribution in [3.8, 4) is 5.75 Å². The SMILES string of the molecule is C=CCC(=O)NC(N)Cc1ccc(O)cc1. The van der Waals surface area contributed by atoms with Crippen LogP contribution in [0, 0.1) is 0 Å². The summed E-state index contributed by atoms with van der Waals surface area (Å²) in [7, 11) is 0. The summed E-state index contributed by atoms with van der Waals surface area (Å²) in [6.45, 7) is 3.47. The molecule has 0 saturated heterocycles. The van der Waals surface area contributed by atoms with Crippen molar-refractivity contribution in [2.45, 2.75) is 19.0 Å². The first-order valence-electron chi connectivity index (χ1n) is 5.05. The lowest BCUT2D eigenvalue weighted by molar-refractivity contribution is -0.120. The second kappa shape index (κ2) is 5.92. The average Bonchev–Trinajstić information content (AvgIpc) is 2.21. The van der Waals surface area contributed by atoms with Crippen LogP contribution in [0.15, 0.2) is 36.9 Å². The topological polar surface area (TPSA) is 75.4 Å². The third-order valence-corrected chi connectivity index (χ3v) is 2.07. The Kier molecular flexibility index (Phi) is 4.54. The molecule has 0 saturated carbocycles. The number of phenols is 1. The lowest BCUT2D eigenvalue weighted by Gasteiger charge is -2.13. The van der Waals surface area contributed by atoms with Gasteiger partial charge in [-0.2, -0.15) is 0 Å². The quantitative estimate of drug-likeness (QED) is 0.510. The summed E-state index contributed by atoms with van der Waals surface area (Å²) < 4.78 is 0. The number of carbonyl (C=O) groups excluding carboxylic acids is 1. The standard InChI is InChI=1S/C12H16N2O2/c1-2-3-12(16)14-11(13)8-9-4-6-10(15)7-5-9/h2,4-7,11,15H,1,3,8,13H2,(H,14,16). The van der Waals surface area contributed by atoms with E-state index in [-0.39, 0.29) is 18.1 Å². The van der Waals surface area contributed by atoms with Gasteiger partial charge >= 0.3 is 0 Å². The predicted molar refractivity (Wildman–Crippen MR) is 62.7 cm³/mol. The molecule has 0 aliphatic heterocycles. The molecule has 0 heterocycles. The second-order valence-electron chi connectivity index (χ2n) is 3.54. The minimum absolute atomic E-state index is 0.138. The van der Waals surface area contributed by atoms with Crippen molar-refractivity contribution in [3.05, 3.63) is 42.5 Å². The van der Waals surface area contributed by atoms with Gasteiger partial charge in [-0.05, 0) is 17.7 Å². The molecule has 4 N–H and O–H groups in total. The number of amides is 1. The van der Waals surface area contributed by atoms with Crippen molar-refractivity contribution in [1.29, 1.82) is 0 Å². The summed E-state index contributed by atoms with van der Waals surface area (Å²) in [5, 5.41) is 11.7. The highest BCUT2D eigenvalue weighted by atomic mass is 16.3. The third kappa shape index (κ3) is 4.14. The number of phenolic OH excluding ortho intramolecular Hbond substituents is 1. The molecule has 1 aromatic carbocycles. The number of carbonyl (C=O) groups is 1. The van der Waals surface area contributed by atoms with Crippen molar-refractivity contribution in [1.82, 2.24) is 5.32 Å². The number of aromatic hydroxyl groups is 1. The first-order chi connectivity index (χ1) is 7.61. The Labute approximate surface area is 94.8 Å². The van der Waals surface area contributed by atoms with Crippen LogP contribution in [0.1, 0.15) is 12.0 Å². The van der Waals surface area contributed by atoms with E-state index in [9.17, 15) is 4.79 Å². The lowest BCUT2D eigenvalue weighted by atomic mass is 10.1. The summed E-state index contributed by atoms with van der Waals surface area (Å²) >= 11 is 0. The number of hydrogen-bond donors (Lipinski definition) is 3. The molecule has 4 nitrogen and oxygen atoms in total. The zero-order chi connectivity index (χ0) is 12.0. The zero-order valence-corrected chi connectivity index (χ0v) is 9.02. The zero-order valence-electron chi connectivity index (χ0n) is 9.02. The van der Waals surface area contributed by atoms with E-state index >= 15 is 0 Å². The van der Waals surface area contributed by atoms with Crippen LogP contribution in [-0.4, -0.2) is 17.2 Å². The van der Waals surface area contributed by atoms with Gasteiger partial charge in [0.05, 0.1) is 6.17 Å². The summed E-state index contributed by atoms with van der Waals surface area (Å²) in [4.78, 5) is 11.2. The van der Waals surface area contributed by atoms with Crippen LogP contribution in [0.4, 0.5) is 0 Å². The number of nitrogens with one attached hydrogen (secondary N) is 1. The fourth-order valence-electron chi connectivity index (χ4n) is 1.33. The van der Waals surface area contributed by atoms with E-state index in [0.29, 0.717) is 6.42 Å². The Morgan fingerprint density at radius 2 is 2.12 bits per heavy atom. The van der Waals surface area contributed by atoms with E-state index < -0.39 is 6.17 Å². The molecular weight excluding hydrogens is 204 g/mol.